The van der Waals surface area contributed by atoms with Gasteiger partial charge in [-0.3, -0.25) is 9.59 Å². The number of carbonyl (C=O) groups excluding carboxylic acids is 2. The summed E-state index contributed by atoms with van der Waals surface area (Å²) >= 11 is 0. The Morgan fingerprint density at radius 1 is 0.818 bits per heavy atom. The smallest absolute Gasteiger partial charge is 0.228 e. The number of ketones is 2. The van der Waals surface area contributed by atoms with E-state index >= 15 is 0 Å². The molecule has 3 nitrogen and oxygen atoms in total. The van der Waals surface area contributed by atoms with Crippen LogP contribution in [0.3, 0.4) is 0 Å². The van der Waals surface area contributed by atoms with Crippen molar-refractivity contribution in [3.05, 3.63) is 82.1 Å². The molecule has 3 rings (SSSR count). The number of Topliss-reactive ketones (excluding diaryl/α,β-unsaturated/α-hetero) is 2. The van der Waals surface area contributed by atoms with Gasteiger partial charge in [-0.05, 0) is 17.5 Å². The molecule has 0 fully saturated rings. The van der Waals surface area contributed by atoms with Crippen LogP contribution in [0.1, 0.15) is 38.8 Å². The molecule has 1 N–H and O–H groups in total. The highest BCUT2D eigenvalue weighted by molar-refractivity contribution is 6.26. The fraction of sp³-hybridized carbons (Fsp3) is 0.158. The summed E-state index contributed by atoms with van der Waals surface area (Å²) < 4.78 is 0. The molecule has 0 heterocycles. The van der Waals surface area contributed by atoms with Gasteiger partial charge in [-0.15, -0.1) is 0 Å². The number of hydrogen-bond acceptors (Lipinski definition) is 3. The SMILES string of the molecule is CCc1ccc(CC2=C(O)C(=O)c3ccccc3C2=O)cc1. The molecule has 0 bridgehead atoms. The Morgan fingerprint density at radius 3 is 1.95 bits per heavy atom. The van der Waals surface area contributed by atoms with Crippen molar-refractivity contribution < 1.29 is 14.7 Å². The summed E-state index contributed by atoms with van der Waals surface area (Å²) in [6, 6.07) is 14.5. The van der Waals surface area contributed by atoms with Crippen LogP contribution in [0.4, 0.5) is 0 Å². The van der Waals surface area contributed by atoms with Gasteiger partial charge in [-0.25, -0.2) is 0 Å². The van der Waals surface area contributed by atoms with E-state index in [1.54, 1.807) is 24.3 Å². The van der Waals surface area contributed by atoms with E-state index in [-0.39, 0.29) is 23.3 Å². The highest BCUT2D eigenvalue weighted by atomic mass is 16.3. The van der Waals surface area contributed by atoms with Crippen molar-refractivity contribution in [2.75, 3.05) is 0 Å². The maximum Gasteiger partial charge on any atom is 0.228 e. The zero-order valence-electron chi connectivity index (χ0n) is 12.3. The van der Waals surface area contributed by atoms with Gasteiger partial charge in [0.05, 0.1) is 5.57 Å². The zero-order valence-corrected chi connectivity index (χ0v) is 12.3. The van der Waals surface area contributed by atoms with E-state index in [0.717, 1.165) is 12.0 Å². The number of aryl methyl sites for hydroxylation is 1. The average Bonchev–Trinajstić information content (AvgIpc) is 2.57. The van der Waals surface area contributed by atoms with Crippen LogP contribution in [-0.2, 0) is 12.8 Å². The summed E-state index contributed by atoms with van der Waals surface area (Å²) in [5.74, 6) is -1.18. The van der Waals surface area contributed by atoms with Crippen molar-refractivity contribution in [2.24, 2.45) is 0 Å². The molecular formula is C19H16O3. The maximum absolute atomic E-state index is 12.5. The van der Waals surface area contributed by atoms with E-state index in [0.29, 0.717) is 5.56 Å². The van der Waals surface area contributed by atoms with Crippen LogP contribution >= 0.6 is 0 Å². The molecule has 0 atom stereocenters. The lowest BCUT2D eigenvalue weighted by molar-refractivity contribution is 0.0927. The average molecular weight is 292 g/mol. The standard InChI is InChI=1S/C19H16O3/c1-2-12-7-9-13(10-8-12)11-16-17(20)14-5-3-4-6-15(14)18(21)19(16)22/h3-10,22H,2,11H2,1H3. The highest BCUT2D eigenvalue weighted by Crippen LogP contribution is 2.27. The van der Waals surface area contributed by atoms with Gasteiger partial charge < -0.3 is 5.11 Å². The van der Waals surface area contributed by atoms with Gasteiger partial charge in [0.1, 0.15) is 0 Å². The molecule has 22 heavy (non-hydrogen) atoms. The first kappa shape index (κ1) is 14.3. The van der Waals surface area contributed by atoms with Crippen molar-refractivity contribution in [1.82, 2.24) is 0 Å². The Labute approximate surface area is 128 Å². The number of hydrogen-bond donors (Lipinski definition) is 1. The van der Waals surface area contributed by atoms with E-state index in [2.05, 4.69) is 6.92 Å². The maximum atomic E-state index is 12.5. The molecule has 0 aliphatic heterocycles. The number of benzene rings is 2. The first-order valence-corrected chi connectivity index (χ1v) is 7.30. The van der Waals surface area contributed by atoms with Crippen LogP contribution in [0.15, 0.2) is 59.9 Å². The van der Waals surface area contributed by atoms with Crippen molar-refractivity contribution in [3.8, 4) is 0 Å². The topological polar surface area (TPSA) is 54.4 Å². The first-order valence-electron chi connectivity index (χ1n) is 7.30. The minimum Gasteiger partial charge on any atom is -0.504 e. The Balaban J connectivity index is 1.97. The Hall–Kier alpha value is -2.68. The van der Waals surface area contributed by atoms with Gasteiger partial charge in [0.25, 0.3) is 0 Å². The summed E-state index contributed by atoms with van der Waals surface area (Å²) in [5.41, 5.74) is 2.92. The summed E-state index contributed by atoms with van der Waals surface area (Å²) in [6.07, 6.45) is 1.20. The zero-order chi connectivity index (χ0) is 15.7. The van der Waals surface area contributed by atoms with Crippen molar-refractivity contribution in [1.29, 1.82) is 0 Å². The molecule has 0 saturated heterocycles. The van der Waals surface area contributed by atoms with Crippen LogP contribution in [0.5, 0.6) is 0 Å². The highest BCUT2D eigenvalue weighted by Gasteiger charge is 2.31. The predicted octanol–water partition coefficient (Wildman–Crippen LogP) is 3.68. The van der Waals surface area contributed by atoms with Gasteiger partial charge >= 0.3 is 0 Å². The third kappa shape index (κ3) is 2.35. The van der Waals surface area contributed by atoms with Gasteiger partial charge in [0, 0.05) is 17.5 Å². The molecule has 0 spiro atoms. The van der Waals surface area contributed by atoms with Gasteiger partial charge in [0.2, 0.25) is 5.78 Å². The molecule has 0 saturated carbocycles. The lowest BCUT2D eigenvalue weighted by Gasteiger charge is -2.17. The van der Waals surface area contributed by atoms with Gasteiger partial charge in [0.15, 0.2) is 11.5 Å². The van der Waals surface area contributed by atoms with Crippen LogP contribution in [0.2, 0.25) is 0 Å². The second-order valence-electron chi connectivity index (χ2n) is 5.38. The second kappa shape index (κ2) is 5.60. The third-order valence-corrected chi connectivity index (χ3v) is 4.00. The molecular weight excluding hydrogens is 276 g/mol. The van der Waals surface area contributed by atoms with E-state index < -0.39 is 11.5 Å². The fourth-order valence-corrected chi connectivity index (χ4v) is 2.67. The number of aliphatic hydroxyl groups is 1. The summed E-state index contributed by atoms with van der Waals surface area (Å²) in [5, 5.41) is 10.1. The number of rotatable bonds is 3. The minimum atomic E-state index is -0.477. The number of aliphatic hydroxyl groups excluding tert-OH is 1. The Morgan fingerprint density at radius 2 is 1.36 bits per heavy atom. The summed E-state index contributed by atoms with van der Waals surface area (Å²) in [6.45, 7) is 2.07. The predicted molar refractivity (Wildman–Crippen MR) is 84.3 cm³/mol. The number of fused-ring (bicyclic) bond motifs is 1. The van der Waals surface area contributed by atoms with Crippen molar-refractivity contribution in [3.63, 3.8) is 0 Å². The lowest BCUT2D eigenvalue weighted by atomic mass is 9.85. The summed E-state index contributed by atoms with van der Waals surface area (Å²) in [4.78, 5) is 24.7. The summed E-state index contributed by atoms with van der Waals surface area (Å²) in [7, 11) is 0. The van der Waals surface area contributed by atoms with Crippen LogP contribution < -0.4 is 0 Å². The lowest BCUT2D eigenvalue weighted by Crippen LogP contribution is -2.23. The van der Waals surface area contributed by atoms with Gasteiger partial charge in [-0.2, -0.15) is 0 Å². The second-order valence-corrected chi connectivity index (χ2v) is 5.38. The molecule has 1 aliphatic carbocycles. The number of carbonyl (C=O) groups is 2. The van der Waals surface area contributed by atoms with E-state index in [1.165, 1.54) is 5.56 Å². The molecule has 2 aromatic rings. The third-order valence-electron chi connectivity index (χ3n) is 4.00. The molecule has 2 aromatic carbocycles. The molecule has 0 aromatic heterocycles. The van der Waals surface area contributed by atoms with E-state index in [4.69, 9.17) is 0 Å². The molecule has 0 amide bonds. The van der Waals surface area contributed by atoms with Crippen LogP contribution in [0.25, 0.3) is 0 Å². The van der Waals surface area contributed by atoms with Crippen molar-refractivity contribution >= 4 is 11.6 Å². The van der Waals surface area contributed by atoms with E-state index in [1.807, 2.05) is 24.3 Å². The first-order chi connectivity index (χ1) is 10.6. The molecule has 0 radical (unpaired) electrons. The Bertz CT molecular complexity index is 783. The normalized spacial score (nSPS) is 14.2. The Kier molecular flexibility index (Phi) is 3.63. The molecule has 1 aliphatic rings. The van der Waals surface area contributed by atoms with Crippen LogP contribution in [-0.4, -0.2) is 16.7 Å². The molecule has 0 unspecified atom stereocenters. The molecule has 3 heteroatoms. The van der Waals surface area contributed by atoms with Crippen molar-refractivity contribution in [2.45, 2.75) is 19.8 Å². The molecule has 110 valence electrons. The fourth-order valence-electron chi connectivity index (χ4n) is 2.67. The minimum absolute atomic E-state index is 0.174. The van der Waals surface area contributed by atoms with Gasteiger partial charge in [-0.1, -0.05) is 55.5 Å². The quantitative estimate of drug-likeness (QED) is 0.938. The largest absolute Gasteiger partial charge is 0.504 e. The number of allylic oxidation sites excluding steroid dienone is 2. The van der Waals surface area contributed by atoms with E-state index in [9.17, 15) is 14.7 Å². The van der Waals surface area contributed by atoms with Crippen LogP contribution in [0, 0.1) is 0 Å². The monoisotopic (exact) mass is 292 g/mol.